The van der Waals surface area contributed by atoms with Crippen molar-refractivity contribution < 1.29 is 29.1 Å². The van der Waals surface area contributed by atoms with Gasteiger partial charge >= 0.3 is 5.97 Å². The summed E-state index contributed by atoms with van der Waals surface area (Å²) in [5.41, 5.74) is 11.5. The average molecular weight is 474 g/mol. The maximum atomic E-state index is 12.1. The van der Waals surface area contributed by atoms with Crippen LogP contribution in [0.4, 0.5) is 11.4 Å². The van der Waals surface area contributed by atoms with Crippen LogP contribution in [0.3, 0.4) is 0 Å². The van der Waals surface area contributed by atoms with E-state index in [0.717, 1.165) is 22.7 Å². The second-order valence-corrected chi connectivity index (χ2v) is 8.50. The number of nitrogens with two attached hydrogens (primary N) is 2. The third-order valence-electron chi connectivity index (χ3n) is 3.96. The molecule has 166 valence electrons. The van der Waals surface area contributed by atoms with Crippen LogP contribution in [0.2, 0.25) is 0 Å². The number of anilines is 2. The molecule has 0 aliphatic carbocycles. The van der Waals surface area contributed by atoms with Crippen LogP contribution in [0.25, 0.3) is 0 Å². The summed E-state index contributed by atoms with van der Waals surface area (Å²) in [4.78, 5) is 57.1. The van der Waals surface area contributed by atoms with Crippen LogP contribution in [0.5, 0.6) is 0 Å². The summed E-state index contributed by atoms with van der Waals surface area (Å²) in [5, 5.41) is 11.1. The molecule has 9 nitrogen and oxygen atoms in total. The molecule has 0 unspecified atom stereocenters. The van der Waals surface area contributed by atoms with Gasteiger partial charge in [-0.3, -0.25) is 19.2 Å². The van der Waals surface area contributed by atoms with Gasteiger partial charge in [-0.1, -0.05) is 6.07 Å². The summed E-state index contributed by atoms with van der Waals surface area (Å²) in [6.07, 6.45) is 0. The number of carbonyl (C=O) groups excluding carboxylic acids is 4. The Balaban J connectivity index is 0.000000278. The third-order valence-corrected chi connectivity index (χ3v) is 6.32. The first-order valence-corrected chi connectivity index (χ1v) is 10.6. The van der Waals surface area contributed by atoms with Gasteiger partial charge in [0.15, 0.2) is 11.6 Å². The standard InChI is InChI=1S/C14H13N3O3S.C7H6O3S/c1-7(18)10-5-6-11(21-10)14(20)17-9-4-2-3-8(12(9)15)13(16)19;1-4(8)5-2-3-6(11-5)7(9)10/h2-6H,15H2,1H3,(H2,16,19)(H,17,20);2-3H,1H3,(H,9,10). The van der Waals surface area contributed by atoms with Gasteiger partial charge in [0.05, 0.1) is 31.6 Å². The lowest BCUT2D eigenvalue weighted by Crippen LogP contribution is -2.17. The van der Waals surface area contributed by atoms with Crippen molar-refractivity contribution >= 4 is 63.4 Å². The summed E-state index contributed by atoms with van der Waals surface area (Å²) in [6, 6.07) is 10.7. The SMILES string of the molecule is CC(=O)c1ccc(C(=O)Nc2cccc(C(N)=O)c2N)s1.CC(=O)c1ccc(C(=O)O)s1. The minimum atomic E-state index is -0.984. The van der Waals surface area contributed by atoms with Crippen LogP contribution in [-0.4, -0.2) is 34.5 Å². The molecule has 3 rings (SSSR count). The molecule has 0 atom stereocenters. The number of carboxylic acid groups (broad SMARTS) is 1. The van der Waals surface area contributed by atoms with Crippen LogP contribution in [0.1, 0.15) is 62.9 Å². The van der Waals surface area contributed by atoms with E-state index in [9.17, 15) is 24.0 Å². The van der Waals surface area contributed by atoms with Crippen molar-refractivity contribution in [1.82, 2.24) is 0 Å². The molecule has 0 bridgehead atoms. The number of thiophene rings is 2. The minimum Gasteiger partial charge on any atom is -0.477 e. The highest BCUT2D eigenvalue weighted by molar-refractivity contribution is 7.16. The van der Waals surface area contributed by atoms with Crippen LogP contribution in [0, 0.1) is 0 Å². The summed E-state index contributed by atoms with van der Waals surface area (Å²) in [5.74, 6) is -2.25. The lowest BCUT2D eigenvalue weighted by Gasteiger charge is -2.09. The Morgan fingerprint density at radius 3 is 1.75 bits per heavy atom. The first kappa shape index (κ1) is 24.4. The van der Waals surface area contributed by atoms with E-state index in [2.05, 4.69) is 5.32 Å². The van der Waals surface area contributed by atoms with Crippen LogP contribution in [-0.2, 0) is 0 Å². The van der Waals surface area contributed by atoms with Gasteiger partial charge in [-0.2, -0.15) is 0 Å². The van der Waals surface area contributed by atoms with Gasteiger partial charge in [0.2, 0.25) is 0 Å². The van der Waals surface area contributed by atoms with Crippen LogP contribution < -0.4 is 16.8 Å². The highest BCUT2D eigenvalue weighted by Crippen LogP contribution is 2.24. The van der Waals surface area contributed by atoms with E-state index >= 15 is 0 Å². The van der Waals surface area contributed by atoms with Gasteiger partial charge in [0, 0.05) is 0 Å². The van der Waals surface area contributed by atoms with Crippen LogP contribution in [0.15, 0.2) is 42.5 Å². The summed E-state index contributed by atoms with van der Waals surface area (Å²) >= 11 is 2.09. The molecule has 2 aromatic heterocycles. The van der Waals surface area contributed by atoms with E-state index in [4.69, 9.17) is 16.6 Å². The van der Waals surface area contributed by atoms with Gasteiger partial charge in [-0.05, 0) is 50.2 Å². The lowest BCUT2D eigenvalue weighted by atomic mass is 10.1. The van der Waals surface area contributed by atoms with Crippen molar-refractivity contribution in [2.75, 3.05) is 11.1 Å². The molecule has 3 aromatic rings. The van der Waals surface area contributed by atoms with E-state index < -0.39 is 17.8 Å². The molecule has 0 spiro atoms. The largest absolute Gasteiger partial charge is 0.477 e. The third kappa shape index (κ3) is 6.09. The van der Waals surface area contributed by atoms with Crippen molar-refractivity contribution in [2.24, 2.45) is 5.73 Å². The van der Waals surface area contributed by atoms with E-state index in [0.29, 0.717) is 20.3 Å². The Morgan fingerprint density at radius 1 is 0.812 bits per heavy atom. The first-order valence-electron chi connectivity index (χ1n) is 8.95. The van der Waals surface area contributed by atoms with Crippen molar-refractivity contribution in [2.45, 2.75) is 13.8 Å². The number of carboxylic acids is 1. The smallest absolute Gasteiger partial charge is 0.345 e. The number of para-hydroxylation sites is 1. The number of nitrogens with one attached hydrogen (secondary N) is 1. The van der Waals surface area contributed by atoms with Crippen molar-refractivity contribution in [3.63, 3.8) is 0 Å². The number of hydrogen-bond donors (Lipinski definition) is 4. The van der Waals surface area contributed by atoms with E-state index in [1.54, 1.807) is 24.3 Å². The number of amides is 2. The number of carbonyl (C=O) groups is 5. The predicted octanol–water partition coefficient (Wildman–Crippen LogP) is 3.53. The van der Waals surface area contributed by atoms with Crippen molar-refractivity contribution in [1.29, 1.82) is 0 Å². The highest BCUT2D eigenvalue weighted by atomic mass is 32.1. The number of nitrogen functional groups attached to an aromatic ring is 1. The van der Waals surface area contributed by atoms with E-state index in [-0.39, 0.29) is 27.7 Å². The molecule has 6 N–H and O–H groups in total. The molecular formula is C21H19N3O6S2. The molecule has 2 amide bonds. The number of hydrogen-bond acceptors (Lipinski definition) is 8. The second kappa shape index (κ2) is 10.5. The Hall–Kier alpha value is -3.83. The van der Waals surface area contributed by atoms with E-state index in [1.807, 2.05) is 0 Å². The number of ketones is 2. The molecule has 0 aliphatic rings. The Morgan fingerprint density at radius 2 is 1.31 bits per heavy atom. The number of benzene rings is 1. The fraction of sp³-hybridized carbons (Fsp3) is 0.0952. The van der Waals surface area contributed by atoms with Crippen molar-refractivity contribution in [3.8, 4) is 0 Å². The Labute approximate surface area is 190 Å². The molecule has 0 fully saturated rings. The normalized spacial score (nSPS) is 9.94. The molecule has 0 aliphatic heterocycles. The molecule has 32 heavy (non-hydrogen) atoms. The van der Waals surface area contributed by atoms with Gasteiger partial charge in [-0.25, -0.2) is 4.79 Å². The Kier molecular flexibility index (Phi) is 7.99. The van der Waals surface area contributed by atoms with E-state index in [1.165, 1.54) is 32.0 Å². The highest BCUT2D eigenvalue weighted by Gasteiger charge is 2.15. The predicted molar refractivity (Wildman–Crippen MR) is 123 cm³/mol. The summed E-state index contributed by atoms with van der Waals surface area (Å²) < 4.78 is 0. The fourth-order valence-corrected chi connectivity index (χ4v) is 3.90. The molecule has 11 heteroatoms. The average Bonchev–Trinajstić information content (AvgIpc) is 3.40. The van der Waals surface area contributed by atoms with Crippen LogP contribution >= 0.6 is 22.7 Å². The zero-order chi connectivity index (χ0) is 24.0. The van der Waals surface area contributed by atoms with Gasteiger partial charge in [0.1, 0.15) is 4.88 Å². The fourth-order valence-electron chi connectivity index (χ4n) is 2.36. The maximum Gasteiger partial charge on any atom is 0.345 e. The van der Waals surface area contributed by atoms with Gasteiger partial charge < -0.3 is 21.9 Å². The molecule has 0 radical (unpaired) electrons. The summed E-state index contributed by atoms with van der Waals surface area (Å²) in [6.45, 7) is 2.85. The number of primary amides is 1. The summed E-state index contributed by atoms with van der Waals surface area (Å²) in [7, 11) is 0. The zero-order valence-corrected chi connectivity index (χ0v) is 18.6. The zero-order valence-electron chi connectivity index (χ0n) is 17.0. The van der Waals surface area contributed by atoms with Gasteiger partial charge in [0.25, 0.3) is 11.8 Å². The van der Waals surface area contributed by atoms with Gasteiger partial charge in [-0.15, -0.1) is 22.7 Å². The molecule has 0 saturated carbocycles. The topological polar surface area (TPSA) is 170 Å². The lowest BCUT2D eigenvalue weighted by molar-refractivity contribution is 0.0701. The number of Topliss-reactive ketones (excluding diaryl/α,β-unsaturated/α-hetero) is 2. The molecule has 2 heterocycles. The minimum absolute atomic E-state index is 0.0949. The number of aromatic carboxylic acids is 1. The molecule has 0 saturated heterocycles. The molecule has 1 aromatic carbocycles. The molecular weight excluding hydrogens is 454 g/mol. The maximum absolute atomic E-state index is 12.1. The Bertz CT molecular complexity index is 1180. The van der Waals surface area contributed by atoms with Crippen molar-refractivity contribution in [3.05, 3.63) is 67.5 Å². The number of rotatable bonds is 6. The first-order chi connectivity index (χ1) is 15.0. The second-order valence-electron chi connectivity index (χ2n) is 6.33. The quantitative estimate of drug-likeness (QED) is 0.313. The monoisotopic (exact) mass is 473 g/mol.